The summed E-state index contributed by atoms with van der Waals surface area (Å²) >= 11 is 0. The molecule has 0 saturated heterocycles. The van der Waals surface area contributed by atoms with Gasteiger partial charge in [0.15, 0.2) is 17.3 Å². The minimum Gasteiger partial charge on any atom is -0.486 e. The van der Waals surface area contributed by atoms with Gasteiger partial charge in [-0.25, -0.2) is 17.9 Å². The lowest BCUT2D eigenvalue weighted by molar-refractivity contribution is 0.103. The van der Waals surface area contributed by atoms with Crippen LogP contribution < -0.4 is 19.5 Å². The predicted octanol–water partition coefficient (Wildman–Crippen LogP) is 3.82. The quantitative estimate of drug-likeness (QED) is 0.553. The maximum atomic E-state index is 13.2. The number of aryl methyl sites for hydroxylation is 2. The molecule has 1 aliphatic heterocycles. The number of nitrogens with one attached hydrogen (secondary N) is 2. The Morgan fingerprint density at radius 3 is 1.97 bits per heavy atom. The van der Waals surface area contributed by atoms with Crippen LogP contribution in [0.1, 0.15) is 27.0 Å². The van der Waals surface area contributed by atoms with Gasteiger partial charge in [0.1, 0.15) is 13.2 Å². The summed E-state index contributed by atoms with van der Waals surface area (Å²) in [6.07, 6.45) is 0. The first kappa shape index (κ1) is 22.3. The van der Waals surface area contributed by atoms with Crippen LogP contribution in [0.3, 0.4) is 0 Å². The second-order valence-electron chi connectivity index (χ2n) is 7.61. The number of ether oxygens (including phenoxy) is 2. The van der Waals surface area contributed by atoms with Gasteiger partial charge in [-0.1, -0.05) is 47.5 Å². The molecule has 1 aliphatic rings. The van der Waals surface area contributed by atoms with Crippen LogP contribution in [0.5, 0.6) is 11.5 Å². The van der Waals surface area contributed by atoms with Crippen molar-refractivity contribution >= 4 is 27.5 Å². The Bertz CT molecular complexity index is 1320. The molecule has 0 fully saturated rings. The van der Waals surface area contributed by atoms with Crippen LogP contribution in [0.4, 0.5) is 10.5 Å². The van der Waals surface area contributed by atoms with Crippen molar-refractivity contribution in [1.29, 1.82) is 0 Å². The van der Waals surface area contributed by atoms with Crippen LogP contribution in [-0.4, -0.2) is 33.4 Å². The third-order valence-corrected chi connectivity index (χ3v) is 6.39. The van der Waals surface area contributed by atoms with E-state index in [1.165, 1.54) is 24.3 Å². The van der Waals surface area contributed by atoms with E-state index < -0.39 is 16.1 Å². The zero-order valence-corrected chi connectivity index (χ0v) is 18.9. The molecule has 0 unspecified atom stereocenters. The molecule has 0 aromatic heterocycles. The Hall–Kier alpha value is -3.85. The van der Waals surface area contributed by atoms with E-state index in [1.807, 2.05) is 18.6 Å². The molecule has 2 N–H and O–H groups in total. The van der Waals surface area contributed by atoms with Crippen LogP contribution in [0.25, 0.3) is 0 Å². The Kier molecular flexibility index (Phi) is 6.06. The van der Waals surface area contributed by atoms with E-state index in [0.717, 1.165) is 11.1 Å². The number of carbonyl (C=O) groups is 2. The Balaban J connectivity index is 1.64. The summed E-state index contributed by atoms with van der Waals surface area (Å²) in [5, 5.41) is 2.47. The van der Waals surface area contributed by atoms with Gasteiger partial charge in [0.2, 0.25) is 0 Å². The van der Waals surface area contributed by atoms with E-state index in [9.17, 15) is 18.0 Å². The molecule has 1 heterocycles. The molecule has 0 saturated carbocycles. The van der Waals surface area contributed by atoms with Gasteiger partial charge >= 0.3 is 6.03 Å². The van der Waals surface area contributed by atoms with Gasteiger partial charge in [-0.15, -0.1) is 0 Å². The van der Waals surface area contributed by atoms with Crippen LogP contribution >= 0.6 is 0 Å². The van der Waals surface area contributed by atoms with Crippen molar-refractivity contribution in [2.45, 2.75) is 18.7 Å². The molecule has 3 aromatic carbocycles. The molecule has 170 valence electrons. The average Bonchev–Trinajstić information content (AvgIpc) is 2.78. The number of urea groups is 1. The summed E-state index contributed by atoms with van der Waals surface area (Å²) in [5.41, 5.74) is 2.53. The predicted molar refractivity (Wildman–Crippen MR) is 123 cm³/mol. The van der Waals surface area contributed by atoms with Gasteiger partial charge in [-0.3, -0.25) is 4.79 Å². The molecule has 9 heteroatoms. The molecular weight excluding hydrogens is 444 g/mol. The van der Waals surface area contributed by atoms with E-state index in [4.69, 9.17) is 9.47 Å². The summed E-state index contributed by atoms with van der Waals surface area (Å²) in [7, 11) is -4.11. The molecule has 0 atom stereocenters. The number of hydrogen-bond acceptors (Lipinski definition) is 6. The number of ketones is 1. The van der Waals surface area contributed by atoms with Gasteiger partial charge in [0.25, 0.3) is 10.0 Å². The highest BCUT2D eigenvalue weighted by molar-refractivity contribution is 7.90. The number of fused-ring (bicyclic) bond motifs is 1. The number of amides is 2. The molecule has 0 bridgehead atoms. The first-order chi connectivity index (χ1) is 15.7. The number of carbonyl (C=O) groups excluding carboxylic acids is 2. The smallest absolute Gasteiger partial charge is 0.333 e. The molecule has 4 rings (SSSR count). The second-order valence-corrected chi connectivity index (χ2v) is 9.29. The summed E-state index contributed by atoms with van der Waals surface area (Å²) in [6.45, 7) is 4.37. The van der Waals surface area contributed by atoms with Crippen molar-refractivity contribution in [2.24, 2.45) is 0 Å². The standard InChI is InChI=1S/C24H22N2O6S/c1-15-3-7-17(8-4-15)23(27)19-13-21-22(32-12-11-31-21)14-20(19)25-24(28)26-33(29,30)18-9-5-16(2)6-10-18/h3-10,13-14H,11-12H2,1-2H3,(H2,25,26,28). The molecule has 2 amide bonds. The summed E-state index contributed by atoms with van der Waals surface area (Å²) in [4.78, 5) is 25.8. The van der Waals surface area contributed by atoms with E-state index >= 15 is 0 Å². The van der Waals surface area contributed by atoms with E-state index in [-0.39, 0.29) is 21.9 Å². The lowest BCUT2D eigenvalue weighted by Crippen LogP contribution is -2.34. The summed E-state index contributed by atoms with van der Waals surface area (Å²) in [5.74, 6) is 0.358. The highest BCUT2D eigenvalue weighted by atomic mass is 32.2. The number of anilines is 1. The van der Waals surface area contributed by atoms with Crippen molar-refractivity contribution in [3.8, 4) is 11.5 Å². The van der Waals surface area contributed by atoms with Gasteiger partial charge in [0, 0.05) is 11.6 Å². The fourth-order valence-electron chi connectivity index (χ4n) is 3.29. The number of sulfonamides is 1. The largest absolute Gasteiger partial charge is 0.486 e. The van der Waals surface area contributed by atoms with Gasteiger partial charge in [0.05, 0.1) is 16.1 Å². The molecule has 0 spiro atoms. The maximum absolute atomic E-state index is 13.2. The van der Waals surface area contributed by atoms with Crippen molar-refractivity contribution in [3.05, 3.63) is 82.9 Å². The second kappa shape index (κ2) is 8.95. The van der Waals surface area contributed by atoms with Crippen molar-refractivity contribution in [1.82, 2.24) is 4.72 Å². The molecule has 0 aliphatic carbocycles. The normalized spacial score (nSPS) is 12.7. The van der Waals surface area contributed by atoms with E-state index in [1.54, 1.807) is 36.4 Å². The minimum atomic E-state index is -4.11. The van der Waals surface area contributed by atoms with Crippen LogP contribution in [-0.2, 0) is 10.0 Å². The first-order valence-corrected chi connectivity index (χ1v) is 11.7. The van der Waals surface area contributed by atoms with Gasteiger partial charge < -0.3 is 14.8 Å². The van der Waals surface area contributed by atoms with E-state index in [2.05, 4.69) is 5.32 Å². The maximum Gasteiger partial charge on any atom is 0.333 e. The molecular formula is C24H22N2O6S. The third kappa shape index (κ3) is 4.98. The summed E-state index contributed by atoms with van der Waals surface area (Å²) in [6, 6.07) is 15.0. The number of benzene rings is 3. The molecule has 8 nitrogen and oxygen atoms in total. The Morgan fingerprint density at radius 2 is 1.36 bits per heavy atom. The average molecular weight is 467 g/mol. The van der Waals surface area contributed by atoms with Crippen molar-refractivity contribution in [3.63, 3.8) is 0 Å². The van der Waals surface area contributed by atoms with E-state index in [0.29, 0.717) is 30.3 Å². The van der Waals surface area contributed by atoms with Crippen molar-refractivity contribution < 1.29 is 27.5 Å². The van der Waals surface area contributed by atoms with Gasteiger partial charge in [-0.05, 0) is 32.0 Å². The zero-order chi connectivity index (χ0) is 23.6. The highest BCUT2D eigenvalue weighted by Gasteiger charge is 2.24. The fraction of sp³-hybridized carbons (Fsp3) is 0.167. The van der Waals surface area contributed by atoms with Gasteiger partial charge in [-0.2, -0.15) is 0 Å². The van der Waals surface area contributed by atoms with Crippen LogP contribution in [0.2, 0.25) is 0 Å². The van der Waals surface area contributed by atoms with Crippen LogP contribution in [0, 0.1) is 13.8 Å². The molecule has 33 heavy (non-hydrogen) atoms. The topological polar surface area (TPSA) is 111 Å². The zero-order valence-electron chi connectivity index (χ0n) is 18.0. The Morgan fingerprint density at radius 1 is 0.818 bits per heavy atom. The third-order valence-electron chi connectivity index (χ3n) is 5.05. The number of rotatable bonds is 5. The highest BCUT2D eigenvalue weighted by Crippen LogP contribution is 2.36. The molecule has 3 aromatic rings. The number of hydrogen-bond donors (Lipinski definition) is 2. The Labute approximate surface area is 191 Å². The lowest BCUT2D eigenvalue weighted by atomic mass is 10.00. The first-order valence-electron chi connectivity index (χ1n) is 10.2. The molecule has 0 radical (unpaired) electrons. The fourth-order valence-corrected chi connectivity index (χ4v) is 4.19. The minimum absolute atomic E-state index is 0.0543. The summed E-state index contributed by atoms with van der Waals surface area (Å²) < 4.78 is 38.2. The van der Waals surface area contributed by atoms with Crippen LogP contribution in [0.15, 0.2) is 65.6 Å². The monoisotopic (exact) mass is 466 g/mol. The lowest BCUT2D eigenvalue weighted by Gasteiger charge is -2.21. The SMILES string of the molecule is Cc1ccc(C(=O)c2cc3c(cc2NC(=O)NS(=O)(=O)c2ccc(C)cc2)OCCO3)cc1. The van der Waals surface area contributed by atoms with Crippen molar-refractivity contribution in [2.75, 3.05) is 18.5 Å².